The third-order valence-electron chi connectivity index (χ3n) is 2.19. The van der Waals surface area contributed by atoms with Crippen LogP contribution in [0.2, 0.25) is 0 Å². The van der Waals surface area contributed by atoms with Crippen molar-refractivity contribution in [2.75, 3.05) is 13.2 Å². The SMILES string of the molecule is NC(N)=NCCCOC(=O)c1ccc(N=C(N)N)cc1. The highest BCUT2D eigenvalue weighted by Gasteiger charge is 2.06. The van der Waals surface area contributed by atoms with Crippen molar-refractivity contribution in [3.63, 3.8) is 0 Å². The van der Waals surface area contributed by atoms with Gasteiger partial charge >= 0.3 is 5.97 Å². The van der Waals surface area contributed by atoms with Crippen molar-refractivity contribution in [1.29, 1.82) is 0 Å². The first-order valence-corrected chi connectivity index (χ1v) is 5.91. The van der Waals surface area contributed by atoms with Gasteiger partial charge in [-0.3, -0.25) is 4.99 Å². The second-order valence-corrected chi connectivity index (χ2v) is 3.88. The summed E-state index contributed by atoms with van der Waals surface area (Å²) in [4.78, 5) is 19.3. The van der Waals surface area contributed by atoms with Gasteiger partial charge in [-0.2, -0.15) is 0 Å². The molecule has 0 radical (unpaired) electrons. The van der Waals surface area contributed by atoms with Gasteiger partial charge in [-0.05, 0) is 24.3 Å². The zero-order valence-electron chi connectivity index (χ0n) is 11.0. The van der Waals surface area contributed by atoms with Crippen LogP contribution >= 0.6 is 0 Å². The molecule has 0 saturated heterocycles. The van der Waals surface area contributed by atoms with Crippen LogP contribution < -0.4 is 22.9 Å². The summed E-state index contributed by atoms with van der Waals surface area (Å²) in [7, 11) is 0. The molecule has 1 aromatic carbocycles. The van der Waals surface area contributed by atoms with Crippen LogP contribution in [0.4, 0.5) is 5.69 Å². The maximum absolute atomic E-state index is 11.7. The van der Waals surface area contributed by atoms with Crippen LogP contribution in [0, 0.1) is 0 Å². The van der Waals surface area contributed by atoms with Gasteiger partial charge in [-0.25, -0.2) is 9.79 Å². The normalized spacial score (nSPS) is 9.60. The Kier molecular flexibility index (Phi) is 5.82. The van der Waals surface area contributed by atoms with Crippen LogP contribution in [-0.2, 0) is 4.74 Å². The van der Waals surface area contributed by atoms with E-state index in [-0.39, 0.29) is 18.5 Å². The van der Waals surface area contributed by atoms with Crippen molar-refractivity contribution in [1.82, 2.24) is 0 Å². The average Bonchev–Trinajstić information content (AvgIpc) is 2.38. The fourth-order valence-corrected chi connectivity index (χ4v) is 1.34. The topological polar surface area (TPSA) is 155 Å². The number of carbonyl (C=O) groups is 1. The molecule has 0 amide bonds. The highest BCUT2D eigenvalue weighted by molar-refractivity contribution is 5.90. The number of nitrogens with two attached hydrogens (primary N) is 4. The van der Waals surface area contributed by atoms with E-state index in [4.69, 9.17) is 27.7 Å². The summed E-state index contributed by atoms with van der Waals surface area (Å²) in [6, 6.07) is 6.41. The number of aliphatic imine (C=N–C) groups is 2. The average molecular weight is 278 g/mol. The Morgan fingerprint density at radius 2 is 1.70 bits per heavy atom. The van der Waals surface area contributed by atoms with Gasteiger partial charge in [0, 0.05) is 13.0 Å². The minimum absolute atomic E-state index is 0.0200. The van der Waals surface area contributed by atoms with Crippen LogP contribution in [0.1, 0.15) is 16.8 Å². The standard InChI is InChI=1S/C12H18N6O2/c13-11(14)17-6-1-7-20-10(19)8-2-4-9(5-3-8)18-12(15)16/h2-5H,1,6-7H2,(H4,13,14,17)(H4,15,16,18). The molecule has 8 nitrogen and oxygen atoms in total. The van der Waals surface area contributed by atoms with Crippen molar-refractivity contribution in [3.05, 3.63) is 29.8 Å². The van der Waals surface area contributed by atoms with Crippen LogP contribution in [0.15, 0.2) is 34.3 Å². The fraction of sp³-hybridized carbons (Fsp3) is 0.250. The molecule has 8 heteroatoms. The quantitative estimate of drug-likeness (QED) is 0.236. The summed E-state index contributed by atoms with van der Waals surface area (Å²) in [5.74, 6) is -0.447. The molecule has 108 valence electrons. The molecule has 0 aliphatic carbocycles. The number of hydrogen-bond acceptors (Lipinski definition) is 4. The van der Waals surface area contributed by atoms with Crippen LogP contribution in [0.3, 0.4) is 0 Å². The maximum Gasteiger partial charge on any atom is 0.338 e. The van der Waals surface area contributed by atoms with Crippen molar-refractivity contribution < 1.29 is 9.53 Å². The van der Waals surface area contributed by atoms with E-state index in [1.165, 1.54) is 0 Å². The monoisotopic (exact) mass is 278 g/mol. The number of esters is 1. The van der Waals surface area contributed by atoms with E-state index < -0.39 is 5.97 Å². The summed E-state index contributed by atoms with van der Waals surface area (Å²) in [6.07, 6.45) is 0.551. The van der Waals surface area contributed by atoms with Crippen molar-refractivity contribution >= 4 is 23.6 Å². The molecular weight excluding hydrogens is 260 g/mol. The first-order valence-electron chi connectivity index (χ1n) is 5.91. The molecule has 1 aromatic rings. The first-order chi connectivity index (χ1) is 9.49. The van der Waals surface area contributed by atoms with Gasteiger partial charge in [0.15, 0.2) is 11.9 Å². The lowest BCUT2D eigenvalue weighted by Gasteiger charge is -2.04. The summed E-state index contributed by atoms with van der Waals surface area (Å²) >= 11 is 0. The van der Waals surface area contributed by atoms with E-state index in [1.807, 2.05) is 0 Å². The highest BCUT2D eigenvalue weighted by Crippen LogP contribution is 2.13. The lowest BCUT2D eigenvalue weighted by atomic mass is 10.2. The van der Waals surface area contributed by atoms with E-state index in [0.717, 1.165) is 0 Å². The van der Waals surface area contributed by atoms with Crippen molar-refractivity contribution in [2.24, 2.45) is 32.9 Å². The van der Waals surface area contributed by atoms with Gasteiger partial charge in [0.25, 0.3) is 0 Å². The lowest BCUT2D eigenvalue weighted by Crippen LogP contribution is -2.23. The number of rotatable bonds is 6. The summed E-state index contributed by atoms with van der Waals surface area (Å²) in [5, 5.41) is 0. The van der Waals surface area contributed by atoms with E-state index in [9.17, 15) is 4.79 Å². The van der Waals surface area contributed by atoms with Crippen molar-refractivity contribution in [3.8, 4) is 0 Å². The molecule has 1 rings (SSSR count). The molecule has 0 bridgehead atoms. The Balaban J connectivity index is 2.44. The minimum atomic E-state index is -0.425. The summed E-state index contributed by atoms with van der Waals surface area (Å²) < 4.78 is 5.06. The Morgan fingerprint density at radius 3 is 2.25 bits per heavy atom. The van der Waals surface area contributed by atoms with E-state index in [0.29, 0.717) is 24.2 Å². The number of guanidine groups is 2. The second-order valence-electron chi connectivity index (χ2n) is 3.88. The van der Waals surface area contributed by atoms with Crippen molar-refractivity contribution in [2.45, 2.75) is 6.42 Å². The molecule has 8 N–H and O–H groups in total. The van der Waals surface area contributed by atoms with Crippen LogP contribution in [-0.4, -0.2) is 31.0 Å². The maximum atomic E-state index is 11.7. The lowest BCUT2D eigenvalue weighted by molar-refractivity contribution is 0.0503. The number of benzene rings is 1. The predicted molar refractivity (Wildman–Crippen MR) is 77.5 cm³/mol. The number of hydrogen-bond donors (Lipinski definition) is 4. The van der Waals surface area contributed by atoms with Gasteiger partial charge < -0.3 is 27.7 Å². The molecule has 0 aliphatic rings. The largest absolute Gasteiger partial charge is 0.462 e. The molecule has 0 spiro atoms. The van der Waals surface area contributed by atoms with Crippen LogP contribution in [0.25, 0.3) is 0 Å². The Labute approximate surface area is 116 Å². The third-order valence-corrected chi connectivity index (χ3v) is 2.19. The Morgan fingerprint density at radius 1 is 1.05 bits per heavy atom. The van der Waals surface area contributed by atoms with Gasteiger partial charge in [0.1, 0.15) is 0 Å². The zero-order chi connectivity index (χ0) is 15.0. The number of nitrogens with zero attached hydrogens (tertiary/aromatic N) is 2. The summed E-state index contributed by atoms with van der Waals surface area (Å²) in [5.41, 5.74) is 21.8. The van der Waals surface area contributed by atoms with Gasteiger partial charge in [0.2, 0.25) is 0 Å². The van der Waals surface area contributed by atoms with Gasteiger partial charge in [-0.15, -0.1) is 0 Å². The summed E-state index contributed by atoms with van der Waals surface area (Å²) in [6.45, 7) is 0.657. The Hall–Kier alpha value is -2.77. The van der Waals surface area contributed by atoms with Gasteiger partial charge in [-0.1, -0.05) is 0 Å². The Bertz CT molecular complexity index is 501. The van der Waals surface area contributed by atoms with E-state index in [2.05, 4.69) is 9.98 Å². The van der Waals surface area contributed by atoms with Gasteiger partial charge in [0.05, 0.1) is 17.9 Å². The molecule has 0 fully saturated rings. The number of ether oxygens (including phenoxy) is 1. The fourth-order valence-electron chi connectivity index (χ4n) is 1.34. The number of carbonyl (C=O) groups excluding carboxylic acids is 1. The third kappa shape index (κ3) is 5.71. The zero-order valence-corrected chi connectivity index (χ0v) is 11.0. The molecule has 0 aromatic heterocycles. The highest BCUT2D eigenvalue weighted by atomic mass is 16.5. The molecule has 0 unspecified atom stereocenters. The molecule has 0 heterocycles. The molecule has 20 heavy (non-hydrogen) atoms. The molecule has 0 atom stereocenters. The predicted octanol–water partition coefficient (Wildman–Crippen LogP) is -0.588. The van der Waals surface area contributed by atoms with E-state index in [1.54, 1.807) is 24.3 Å². The molecular formula is C12H18N6O2. The smallest absolute Gasteiger partial charge is 0.338 e. The van der Waals surface area contributed by atoms with E-state index >= 15 is 0 Å². The second kappa shape index (κ2) is 7.62. The minimum Gasteiger partial charge on any atom is -0.462 e. The first kappa shape index (κ1) is 15.3. The van der Waals surface area contributed by atoms with Crippen LogP contribution in [0.5, 0.6) is 0 Å². The molecule has 0 saturated carbocycles. The molecule has 0 aliphatic heterocycles.